The number of carbonyl (C=O) groups excluding carboxylic acids is 1. The van der Waals surface area contributed by atoms with E-state index in [1.165, 1.54) is 0 Å². The highest BCUT2D eigenvalue weighted by Crippen LogP contribution is 2.11. The number of nitrogens with two attached hydrogens (primary N) is 1. The van der Waals surface area contributed by atoms with Gasteiger partial charge in [-0.3, -0.25) is 4.79 Å². The summed E-state index contributed by atoms with van der Waals surface area (Å²) in [4.78, 5) is 18.6. The molecule has 0 aliphatic rings. The van der Waals surface area contributed by atoms with Gasteiger partial charge < -0.3 is 5.73 Å². The third kappa shape index (κ3) is 1.53. The first-order valence-corrected chi connectivity index (χ1v) is 3.70. The Balaban J connectivity index is 3.33. The minimum absolute atomic E-state index is 0.178. The maximum atomic E-state index is 10.8. The quantitative estimate of drug-likeness (QED) is 0.705. The van der Waals surface area contributed by atoms with Gasteiger partial charge in [0.1, 0.15) is 5.69 Å². The molecule has 0 aliphatic carbocycles. The molecule has 0 atom stereocenters. The molecule has 5 heteroatoms. The smallest absolute Gasteiger partial charge is 0.269 e. The lowest BCUT2D eigenvalue weighted by atomic mass is 10.3. The molecular weight excluding hydrogens is 178 g/mol. The number of aromatic nitrogens is 2. The number of hydrogen-bond donors (Lipinski definition) is 1. The standard InChI is InChI=1S/C7H8ClN3O/c1-3-5(7(9)12)10-4(2)6(8)11-3/h1-2H3,(H2,9,12). The van der Waals surface area contributed by atoms with E-state index in [4.69, 9.17) is 17.3 Å². The summed E-state index contributed by atoms with van der Waals surface area (Å²) in [5.41, 5.74) is 6.19. The molecule has 1 aromatic heterocycles. The molecule has 0 saturated carbocycles. The van der Waals surface area contributed by atoms with E-state index in [0.717, 1.165) is 0 Å². The van der Waals surface area contributed by atoms with Crippen molar-refractivity contribution in [3.05, 3.63) is 22.2 Å². The predicted molar refractivity (Wildman–Crippen MR) is 45.0 cm³/mol. The van der Waals surface area contributed by atoms with Gasteiger partial charge in [0.25, 0.3) is 5.91 Å². The molecule has 0 fully saturated rings. The molecule has 1 amide bonds. The van der Waals surface area contributed by atoms with Crippen LogP contribution < -0.4 is 5.73 Å². The van der Waals surface area contributed by atoms with Crippen LogP contribution in [0.2, 0.25) is 5.15 Å². The van der Waals surface area contributed by atoms with Gasteiger partial charge in [0, 0.05) is 0 Å². The van der Waals surface area contributed by atoms with E-state index in [1.807, 2.05) is 0 Å². The molecule has 1 heterocycles. The summed E-state index contributed by atoms with van der Waals surface area (Å²) in [6.45, 7) is 3.31. The SMILES string of the molecule is Cc1nc(C(N)=O)c(C)nc1Cl. The Morgan fingerprint density at radius 1 is 1.33 bits per heavy atom. The number of nitrogens with zero attached hydrogens (tertiary/aromatic N) is 2. The summed E-state index contributed by atoms with van der Waals surface area (Å²) in [7, 11) is 0. The van der Waals surface area contributed by atoms with E-state index >= 15 is 0 Å². The van der Waals surface area contributed by atoms with Crippen molar-refractivity contribution in [3.8, 4) is 0 Å². The lowest BCUT2D eigenvalue weighted by Gasteiger charge is -2.02. The highest BCUT2D eigenvalue weighted by molar-refractivity contribution is 6.30. The van der Waals surface area contributed by atoms with Crippen LogP contribution in [0.5, 0.6) is 0 Å². The average molecular weight is 186 g/mol. The topological polar surface area (TPSA) is 68.9 Å². The van der Waals surface area contributed by atoms with Crippen LogP contribution in [0, 0.1) is 13.8 Å². The number of aryl methyl sites for hydroxylation is 2. The first-order chi connectivity index (χ1) is 5.52. The van der Waals surface area contributed by atoms with E-state index in [9.17, 15) is 4.79 Å². The van der Waals surface area contributed by atoms with Crippen molar-refractivity contribution in [2.24, 2.45) is 5.73 Å². The van der Waals surface area contributed by atoms with E-state index in [2.05, 4.69) is 9.97 Å². The van der Waals surface area contributed by atoms with Gasteiger partial charge in [0.15, 0.2) is 5.15 Å². The zero-order chi connectivity index (χ0) is 9.30. The summed E-state index contributed by atoms with van der Waals surface area (Å²) in [6, 6.07) is 0. The number of rotatable bonds is 1. The van der Waals surface area contributed by atoms with Crippen LogP contribution in [0.1, 0.15) is 21.9 Å². The van der Waals surface area contributed by atoms with Crippen LogP contribution in [0.3, 0.4) is 0 Å². The van der Waals surface area contributed by atoms with Gasteiger partial charge in [0.2, 0.25) is 0 Å². The molecule has 0 bridgehead atoms. The van der Waals surface area contributed by atoms with E-state index in [0.29, 0.717) is 16.5 Å². The Morgan fingerprint density at radius 3 is 2.42 bits per heavy atom. The summed E-state index contributed by atoms with van der Waals surface area (Å²) in [5, 5.41) is 0.303. The number of amides is 1. The van der Waals surface area contributed by atoms with Crippen molar-refractivity contribution < 1.29 is 4.79 Å². The van der Waals surface area contributed by atoms with E-state index in [-0.39, 0.29) is 5.69 Å². The molecule has 0 radical (unpaired) electrons. The van der Waals surface area contributed by atoms with Crippen molar-refractivity contribution in [1.82, 2.24) is 9.97 Å². The minimum atomic E-state index is -0.584. The van der Waals surface area contributed by atoms with Crippen LogP contribution in [-0.4, -0.2) is 15.9 Å². The zero-order valence-electron chi connectivity index (χ0n) is 6.76. The van der Waals surface area contributed by atoms with Crippen LogP contribution in [0.15, 0.2) is 0 Å². The summed E-state index contributed by atoms with van der Waals surface area (Å²) in [6.07, 6.45) is 0. The Morgan fingerprint density at radius 2 is 1.92 bits per heavy atom. The zero-order valence-corrected chi connectivity index (χ0v) is 7.51. The van der Waals surface area contributed by atoms with Gasteiger partial charge in [-0.15, -0.1) is 0 Å². The first kappa shape index (κ1) is 8.93. The summed E-state index contributed by atoms with van der Waals surface area (Å²) < 4.78 is 0. The molecule has 0 spiro atoms. The van der Waals surface area contributed by atoms with Crippen molar-refractivity contribution in [3.63, 3.8) is 0 Å². The molecule has 0 unspecified atom stereocenters. The monoisotopic (exact) mass is 185 g/mol. The van der Waals surface area contributed by atoms with E-state index < -0.39 is 5.91 Å². The van der Waals surface area contributed by atoms with Gasteiger partial charge in [-0.05, 0) is 13.8 Å². The summed E-state index contributed by atoms with van der Waals surface area (Å²) in [5.74, 6) is -0.584. The number of carbonyl (C=O) groups is 1. The summed E-state index contributed by atoms with van der Waals surface area (Å²) >= 11 is 5.66. The van der Waals surface area contributed by atoms with Crippen molar-refractivity contribution >= 4 is 17.5 Å². The van der Waals surface area contributed by atoms with Gasteiger partial charge in [0.05, 0.1) is 11.4 Å². The average Bonchev–Trinajstić information content (AvgIpc) is 1.96. The fourth-order valence-corrected chi connectivity index (χ4v) is 0.978. The first-order valence-electron chi connectivity index (χ1n) is 3.33. The Kier molecular flexibility index (Phi) is 2.28. The van der Waals surface area contributed by atoms with Crippen molar-refractivity contribution in [2.75, 3.05) is 0 Å². The highest BCUT2D eigenvalue weighted by Gasteiger charge is 2.10. The Bertz CT molecular complexity index is 338. The molecule has 12 heavy (non-hydrogen) atoms. The second-order valence-electron chi connectivity index (χ2n) is 2.40. The van der Waals surface area contributed by atoms with Crippen LogP contribution >= 0.6 is 11.6 Å². The molecule has 0 aliphatic heterocycles. The van der Waals surface area contributed by atoms with Crippen LogP contribution in [-0.2, 0) is 0 Å². The molecule has 0 saturated heterocycles. The molecule has 0 aromatic carbocycles. The van der Waals surface area contributed by atoms with Gasteiger partial charge >= 0.3 is 0 Å². The normalized spacial score (nSPS) is 9.92. The molecule has 1 aromatic rings. The van der Waals surface area contributed by atoms with Gasteiger partial charge in [-0.2, -0.15) is 0 Å². The van der Waals surface area contributed by atoms with Crippen LogP contribution in [0.4, 0.5) is 0 Å². The van der Waals surface area contributed by atoms with Crippen LogP contribution in [0.25, 0.3) is 0 Å². The lowest BCUT2D eigenvalue weighted by molar-refractivity contribution is 0.0994. The molecule has 1 rings (SSSR count). The third-order valence-electron chi connectivity index (χ3n) is 1.42. The van der Waals surface area contributed by atoms with E-state index in [1.54, 1.807) is 13.8 Å². The fourth-order valence-electron chi connectivity index (χ4n) is 0.809. The molecule has 4 nitrogen and oxygen atoms in total. The van der Waals surface area contributed by atoms with Crippen molar-refractivity contribution in [2.45, 2.75) is 13.8 Å². The number of primary amides is 1. The predicted octanol–water partition coefficient (Wildman–Crippen LogP) is 0.846. The Hall–Kier alpha value is -1.16. The maximum Gasteiger partial charge on any atom is 0.269 e. The maximum absolute atomic E-state index is 10.8. The van der Waals surface area contributed by atoms with Gasteiger partial charge in [-0.1, -0.05) is 11.6 Å². The molecule has 64 valence electrons. The van der Waals surface area contributed by atoms with Gasteiger partial charge in [-0.25, -0.2) is 9.97 Å². The highest BCUT2D eigenvalue weighted by atomic mass is 35.5. The number of halogens is 1. The fraction of sp³-hybridized carbons (Fsp3) is 0.286. The number of hydrogen-bond acceptors (Lipinski definition) is 3. The lowest BCUT2D eigenvalue weighted by Crippen LogP contribution is -2.16. The minimum Gasteiger partial charge on any atom is -0.364 e. The third-order valence-corrected chi connectivity index (χ3v) is 1.78. The van der Waals surface area contributed by atoms with Crippen molar-refractivity contribution in [1.29, 1.82) is 0 Å². The second kappa shape index (κ2) is 3.06. The molecular formula is C7H8ClN3O. The Labute approximate surface area is 74.8 Å². The second-order valence-corrected chi connectivity index (χ2v) is 2.76. The molecule has 2 N–H and O–H groups in total. The largest absolute Gasteiger partial charge is 0.364 e.